The molecule has 0 radical (unpaired) electrons. The second-order valence-electron chi connectivity index (χ2n) is 8.80. The molecule has 8 heteroatoms. The Hall–Kier alpha value is -1.99. The summed E-state index contributed by atoms with van der Waals surface area (Å²) in [6.07, 6.45) is 5.77. The number of carbonyl (C=O) groups excluding carboxylic acids is 2. The lowest BCUT2D eigenvalue weighted by atomic mass is 9.87. The van der Waals surface area contributed by atoms with Crippen LogP contribution in [0.1, 0.15) is 57.1 Å². The van der Waals surface area contributed by atoms with Crippen LogP contribution < -0.4 is 14.8 Å². The van der Waals surface area contributed by atoms with Gasteiger partial charge in [-0.1, -0.05) is 13.0 Å². The van der Waals surface area contributed by atoms with Gasteiger partial charge in [-0.25, -0.2) is 0 Å². The molecule has 1 N–H and O–H groups in total. The number of rotatable bonds is 9. The van der Waals surface area contributed by atoms with Crippen LogP contribution in [-0.4, -0.2) is 62.1 Å². The highest BCUT2D eigenvalue weighted by molar-refractivity contribution is 6.27. The molecule has 0 bridgehead atoms. The molecule has 0 spiro atoms. The monoisotopic (exact) mass is 466 g/mol. The topological polar surface area (TPSA) is 77.1 Å². The number of nitrogens with one attached hydrogen (secondary N) is 1. The maximum absolute atomic E-state index is 13.6. The maximum atomic E-state index is 13.6. The fourth-order valence-corrected chi connectivity index (χ4v) is 4.77. The van der Waals surface area contributed by atoms with Crippen molar-refractivity contribution in [3.63, 3.8) is 0 Å². The molecule has 32 heavy (non-hydrogen) atoms. The predicted molar refractivity (Wildman–Crippen MR) is 123 cm³/mol. The molecule has 1 saturated carbocycles. The Kier molecular flexibility index (Phi) is 9.05. The number of halogens is 1. The van der Waals surface area contributed by atoms with Crippen molar-refractivity contribution in [1.82, 2.24) is 10.2 Å². The number of hydrogen-bond donors (Lipinski definition) is 1. The van der Waals surface area contributed by atoms with Crippen molar-refractivity contribution in [2.75, 3.05) is 33.3 Å². The molecule has 3 rings (SSSR count). The second-order valence-corrected chi connectivity index (χ2v) is 9.06. The molecule has 7 nitrogen and oxygen atoms in total. The summed E-state index contributed by atoms with van der Waals surface area (Å²) in [7, 11) is 3.11. The van der Waals surface area contributed by atoms with Gasteiger partial charge in [-0.15, -0.1) is 11.6 Å². The van der Waals surface area contributed by atoms with Gasteiger partial charge >= 0.3 is 0 Å². The molecule has 0 unspecified atom stereocenters. The molecule has 2 aliphatic rings. The molecule has 2 fully saturated rings. The van der Waals surface area contributed by atoms with Gasteiger partial charge in [0.2, 0.25) is 11.8 Å². The summed E-state index contributed by atoms with van der Waals surface area (Å²) < 4.78 is 16.6. The third-order valence-electron chi connectivity index (χ3n) is 6.50. The minimum atomic E-state index is -0.829. The van der Waals surface area contributed by atoms with Gasteiger partial charge in [0.15, 0.2) is 11.5 Å². The number of nitrogens with zero attached hydrogens (tertiary/aromatic N) is 1. The van der Waals surface area contributed by atoms with Crippen LogP contribution in [0.2, 0.25) is 0 Å². The average molecular weight is 467 g/mol. The largest absolute Gasteiger partial charge is 0.493 e. The van der Waals surface area contributed by atoms with Crippen molar-refractivity contribution < 1.29 is 23.8 Å². The zero-order valence-corrected chi connectivity index (χ0v) is 20.0. The number of carbonyl (C=O) groups is 2. The first-order valence-electron chi connectivity index (χ1n) is 11.5. The maximum Gasteiger partial charge on any atom is 0.247 e. The molecule has 1 heterocycles. The van der Waals surface area contributed by atoms with E-state index in [9.17, 15) is 9.59 Å². The Morgan fingerprint density at radius 2 is 1.88 bits per heavy atom. The standard InChI is InChI=1S/C24H35ClN2O5/c1-16-6-9-18(10-7-16)26-24(29)23(17-8-11-20(30-2)21(13-17)31-3)27(22(28)14-25)15-19-5-4-12-32-19/h8,11,13,16,18-19,23H,4-7,9-10,12,14-15H2,1-3H3,(H,26,29)/t16?,18?,19-,23+/m0/s1. The number of amides is 2. The lowest BCUT2D eigenvalue weighted by Crippen LogP contribution is -2.49. The summed E-state index contributed by atoms with van der Waals surface area (Å²) in [4.78, 5) is 28.1. The van der Waals surface area contributed by atoms with E-state index < -0.39 is 6.04 Å². The van der Waals surface area contributed by atoms with Crippen LogP contribution in [0, 0.1) is 5.92 Å². The Morgan fingerprint density at radius 1 is 1.16 bits per heavy atom. The Morgan fingerprint density at radius 3 is 2.47 bits per heavy atom. The summed E-state index contributed by atoms with van der Waals surface area (Å²) in [6, 6.07) is 4.60. The zero-order chi connectivity index (χ0) is 23.1. The molecule has 1 aliphatic heterocycles. The van der Waals surface area contributed by atoms with E-state index in [4.69, 9.17) is 25.8 Å². The highest BCUT2D eigenvalue weighted by Crippen LogP contribution is 2.33. The number of hydrogen-bond acceptors (Lipinski definition) is 5. The first-order valence-corrected chi connectivity index (χ1v) is 12.0. The van der Waals surface area contributed by atoms with Gasteiger partial charge in [-0.05, 0) is 62.1 Å². The first kappa shape index (κ1) is 24.6. The van der Waals surface area contributed by atoms with Crippen LogP contribution in [0.15, 0.2) is 18.2 Å². The van der Waals surface area contributed by atoms with Gasteiger partial charge in [-0.3, -0.25) is 9.59 Å². The Labute approximate surface area is 195 Å². The molecule has 1 aliphatic carbocycles. The minimum Gasteiger partial charge on any atom is -0.493 e. The quantitative estimate of drug-likeness (QED) is 0.562. The second kappa shape index (κ2) is 11.8. The van der Waals surface area contributed by atoms with Gasteiger partial charge in [0, 0.05) is 19.2 Å². The molecule has 178 valence electrons. The third-order valence-corrected chi connectivity index (χ3v) is 6.73. The molecule has 1 saturated heterocycles. The van der Waals surface area contributed by atoms with Crippen LogP contribution in [0.3, 0.4) is 0 Å². The summed E-state index contributed by atoms with van der Waals surface area (Å²) in [5.41, 5.74) is 0.654. The Balaban J connectivity index is 1.92. The fraction of sp³-hybridized carbons (Fsp3) is 0.667. The molecular weight excluding hydrogens is 432 g/mol. The van der Waals surface area contributed by atoms with Crippen LogP contribution in [0.25, 0.3) is 0 Å². The van der Waals surface area contributed by atoms with E-state index in [0.717, 1.165) is 38.5 Å². The van der Waals surface area contributed by atoms with Crippen molar-refractivity contribution in [2.45, 2.75) is 63.6 Å². The van der Waals surface area contributed by atoms with Crippen LogP contribution in [-0.2, 0) is 14.3 Å². The van der Waals surface area contributed by atoms with Crippen LogP contribution in [0.4, 0.5) is 0 Å². The van der Waals surface area contributed by atoms with Gasteiger partial charge in [0.25, 0.3) is 0 Å². The van der Waals surface area contributed by atoms with E-state index in [-0.39, 0.29) is 29.8 Å². The van der Waals surface area contributed by atoms with E-state index in [1.165, 1.54) is 0 Å². The molecule has 2 amide bonds. The number of methoxy groups -OCH3 is 2. The zero-order valence-electron chi connectivity index (χ0n) is 19.3. The SMILES string of the molecule is COc1ccc([C@H](C(=O)NC2CCC(C)CC2)N(C[C@@H]2CCCO2)C(=O)CCl)cc1OC. The normalized spacial score (nSPS) is 23.9. The van der Waals surface area contributed by atoms with Crippen molar-refractivity contribution in [1.29, 1.82) is 0 Å². The molecule has 1 aromatic carbocycles. The summed E-state index contributed by atoms with van der Waals surface area (Å²) in [5, 5.41) is 3.20. The van der Waals surface area contributed by atoms with Crippen LogP contribution >= 0.6 is 11.6 Å². The van der Waals surface area contributed by atoms with Crippen molar-refractivity contribution in [2.24, 2.45) is 5.92 Å². The van der Waals surface area contributed by atoms with E-state index in [1.807, 2.05) is 0 Å². The summed E-state index contributed by atoms with van der Waals surface area (Å²) in [6.45, 7) is 3.23. The van der Waals surface area contributed by atoms with E-state index in [0.29, 0.717) is 36.1 Å². The highest BCUT2D eigenvalue weighted by Gasteiger charge is 2.35. The summed E-state index contributed by atoms with van der Waals surface area (Å²) >= 11 is 5.97. The number of benzene rings is 1. The smallest absolute Gasteiger partial charge is 0.247 e. The molecule has 1 aromatic rings. The molecule has 0 aromatic heterocycles. The van der Waals surface area contributed by atoms with Gasteiger partial charge in [-0.2, -0.15) is 0 Å². The predicted octanol–water partition coefficient (Wildman–Crippen LogP) is 3.69. The summed E-state index contributed by atoms with van der Waals surface area (Å²) in [5.74, 6) is 1.04. The van der Waals surface area contributed by atoms with Crippen LogP contribution in [0.5, 0.6) is 11.5 Å². The lowest BCUT2D eigenvalue weighted by molar-refractivity contribution is -0.141. The van der Waals surface area contributed by atoms with E-state index in [1.54, 1.807) is 37.3 Å². The number of alkyl halides is 1. The van der Waals surface area contributed by atoms with Crippen molar-refractivity contribution >= 4 is 23.4 Å². The molecule has 2 atom stereocenters. The number of ether oxygens (including phenoxy) is 3. The molecular formula is C24H35ClN2O5. The fourth-order valence-electron chi connectivity index (χ4n) is 4.62. The van der Waals surface area contributed by atoms with Gasteiger partial charge < -0.3 is 24.4 Å². The van der Waals surface area contributed by atoms with E-state index >= 15 is 0 Å². The first-order chi connectivity index (χ1) is 15.5. The third kappa shape index (κ3) is 6.07. The van der Waals surface area contributed by atoms with E-state index in [2.05, 4.69) is 12.2 Å². The minimum absolute atomic E-state index is 0.104. The lowest BCUT2D eigenvalue weighted by Gasteiger charge is -2.35. The van der Waals surface area contributed by atoms with Crippen molar-refractivity contribution in [3.05, 3.63) is 23.8 Å². The van der Waals surface area contributed by atoms with Crippen molar-refractivity contribution in [3.8, 4) is 11.5 Å². The average Bonchev–Trinajstić information content (AvgIpc) is 3.32. The van der Waals surface area contributed by atoms with Gasteiger partial charge in [0.1, 0.15) is 11.9 Å². The Bertz CT molecular complexity index is 776. The van der Waals surface area contributed by atoms with Gasteiger partial charge in [0.05, 0.1) is 20.3 Å². The highest BCUT2D eigenvalue weighted by atomic mass is 35.5.